The van der Waals surface area contributed by atoms with Gasteiger partial charge in [-0.15, -0.1) is 0 Å². The van der Waals surface area contributed by atoms with Gasteiger partial charge in [-0.25, -0.2) is 0 Å². The van der Waals surface area contributed by atoms with Crippen LogP contribution in [0.15, 0.2) is 53.5 Å². The molecule has 4 aromatic rings. The molecule has 0 radical (unpaired) electrons. The van der Waals surface area contributed by atoms with Crippen LogP contribution < -0.4 is 10.9 Å². The van der Waals surface area contributed by atoms with Gasteiger partial charge in [0.1, 0.15) is 0 Å². The Morgan fingerprint density at radius 1 is 1.05 bits per heavy atom. The number of aromatic amines is 1. The Balaban J connectivity index is 1.59. The van der Waals surface area contributed by atoms with Gasteiger partial charge in [-0.2, -0.15) is 0 Å². The van der Waals surface area contributed by atoms with E-state index < -0.39 is 0 Å². The van der Waals surface area contributed by atoms with E-state index in [4.69, 9.17) is 4.74 Å². The largest absolute Gasteiger partial charge is 0.379 e. The molecule has 1 aromatic carbocycles. The summed E-state index contributed by atoms with van der Waals surface area (Å²) in [6, 6.07) is 14.6. The number of morpholine rings is 1. The van der Waals surface area contributed by atoms with Gasteiger partial charge in [-0.1, -0.05) is 29.8 Å². The first-order valence-electron chi connectivity index (χ1n) is 13.3. The number of pyridine rings is 2. The number of hydrogen-bond acceptors (Lipinski definition) is 4. The Bertz CT molecular complexity index is 1540. The summed E-state index contributed by atoms with van der Waals surface area (Å²) >= 11 is 0. The second kappa shape index (κ2) is 10.6. The summed E-state index contributed by atoms with van der Waals surface area (Å²) in [6.07, 6.45) is 2.11. The second-order valence-corrected chi connectivity index (χ2v) is 10.4. The minimum atomic E-state index is -0.184. The molecule has 1 unspecified atom stereocenters. The van der Waals surface area contributed by atoms with Crippen LogP contribution >= 0.6 is 0 Å². The summed E-state index contributed by atoms with van der Waals surface area (Å²) in [5, 5.41) is 3.02. The molecular weight excluding hydrogens is 476 g/mol. The number of fused-ring (bicyclic) bond motifs is 1. The van der Waals surface area contributed by atoms with Crippen molar-refractivity contribution in [2.45, 2.75) is 47.2 Å². The van der Waals surface area contributed by atoms with E-state index in [1.54, 1.807) is 0 Å². The van der Waals surface area contributed by atoms with Gasteiger partial charge in [0.05, 0.1) is 18.7 Å². The summed E-state index contributed by atoms with van der Waals surface area (Å²) in [4.78, 5) is 31.5. The van der Waals surface area contributed by atoms with Gasteiger partial charge >= 0.3 is 0 Å². The van der Waals surface area contributed by atoms with Crippen LogP contribution in [0.2, 0.25) is 0 Å². The first-order chi connectivity index (χ1) is 18.2. The quantitative estimate of drug-likeness (QED) is 0.387. The monoisotopic (exact) mass is 512 g/mol. The number of aromatic nitrogens is 2. The van der Waals surface area contributed by atoms with Crippen molar-refractivity contribution in [1.29, 1.82) is 0 Å². The highest BCUT2D eigenvalue weighted by molar-refractivity contribution is 5.98. The Kier molecular flexibility index (Phi) is 7.23. The van der Waals surface area contributed by atoms with Crippen molar-refractivity contribution in [1.82, 2.24) is 19.6 Å². The zero-order valence-corrected chi connectivity index (χ0v) is 22.9. The molecule has 38 heavy (non-hydrogen) atoms. The van der Waals surface area contributed by atoms with Crippen molar-refractivity contribution in [3.63, 3.8) is 0 Å². The van der Waals surface area contributed by atoms with Crippen molar-refractivity contribution in [2.75, 3.05) is 26.3 Å². The maximum absolute atomic E-state index is 13.7. The molecule has 4 heterocycles. The number of aryl methyl sites for hydroxylation is 3. The van der Waals surface area contributed by atoms with Gasteiger partial charge in [0.15, 0.2) is 0 Å². The van der Waals surface area contributed by atoms with Crippen molar-refractivity contribution >= 4 is 11.4 Å². The maximum Gasteiger partial charge on any atom is 0.253 e. The van der Waals surface area contributed by atoms with Crippen LogP contribution in [0.4, 0.5) is 0 Å². The van der Waals surface area contributed by atoms with Gasteiger partial charge < -0.3 is 19.4 Å². The van der Waals surface area contributed by atoms with Gasteiger partial charge in [-0.3, -0.25) is 14.5 Å². The summed E-state index contributed by atoms with van der Waals surface area (Å²) in [6.45, 7) is 13.3. The standard InChI is InChI=1S/C31H36N4O3/c1-19-6-8-24(9-7-19)25-10-11-35-28(25)17-26(22(4)29(35)23(5)34-12-14-38-15-13-34)30(36)32-18-27-20(2)16-21(3)33-31(27)37/h6-11,16-17,23H,12-15,18H2,1-5H3,(H,32,36)(H,33,37). The molecule has 1 aliphatic rings. The van der Waals surface area contributed by atoms with E-state index in [0.29, 0.717) is 24.3 Å². The van der Waals surface area contributed by atoms with Crippen LogP contribution in [-0.2, 0) is 11.3 Å². The number of hydrogen-bond donors (Lipinski definition) is 2. The number of nitrogens with zero attached hydrogens (tertiary/aromatic N) is 2. The number of rotatable bonds is 6. The number of ether oxygens (including phenoxy) is 1. The van der Waals surface area contributed by atoms with Crippen LogP contribution in [0, 0.1) is 27.7 Å². The number of benzene rings is 1. The van der Waals surface area contributed by atoms with Gasteiger partial charge in [-0.05, 0) is 69.5 Å². The van der Waals surface area contributed by atoms with Crippen molar-refractivity contribution in [2.24, 2.45) is 0 Å². The number of carbonyl (C=O) groups is 1. The molecule has 1 amide bonds. The first kappa shape index (κ1) is 25.9. The van der Waals surface area contributed by atoms with Crippen LogP contribution in [0.25, 0.3) is 16.6 Å². The normalized spacial score (nSPS) is 15.1. The van der Waals surface area contributed by atoms with E-state index in [1.807, 2.05) is 32.9 Å². The Morgan fingerprint density at radius 2 is 1.76 bits per heavy atom. The molecule has 3 aromatic heterocycles. The molecule has 0 bridgehead atoms. The molecule has 1 atom stereocenters. The lowest BCUT2D eigenvalue weighted by Gasteiger charge is -2.34. The predicted octanol–water partition coefficient (Wildman–Crippen LogP) is 4.85. The fourth-order valence-electron chi connectivity index (χ4n) is 5.60. The zero-order valence-electron chi connectivity index (χ0n) is 22.9. The molecular formula is C31H36N4O3. The molecule has 7 nitrogen and oxygen atoms in total. The second-order valence-electron chi connectivity index (χ2n) is 10.4. The predicted molar refractivity (Wildman–Crippen MR) is 151 cm³/mol. The average Bonchev–Trinajstić information content (AvgIpc) is 3.31. The fourth-order valence-corrected chi connectivity index (χ4v) is 5.60. The van der Waals surface area contributed by atoms with E-state index >= 15 is 0 Å². The third-order valence-electron chi connectivity index (χ3n) is 7.77. The van der Waals surface area contributed by atoms with E-state index in [2.05, 4.69) is 70.0 Å². The summed E-state index contributed by atoms with van der Waals surface area (Å²) in [5.74, 6) is -0.184. The number of nitrogens with one attached hydrogen (secondary N) is 2. The van der Waals surface area contributed by atoms with Crippen LogP contribution in [0.1, 0.15) is 57.0 Å². The van der Waals surface area contributed by atoms with Gasteiger partial charge in [0.2, 0.25) is 0 Å². The summed E-state index contributed by atoms with van der Waals surface area (Å²) < 4.78 is 7.83. The summed E-state index contributed by atoms with van der Waals surface area (Å²) in [5.41, 5.74) is 9.14. The van der Waals surface area contributed by atoms with Crippen molar-refractivity contribution in [3.8, 4) is 11.1 Å². The molecule has 0 spiro atoms. The highest BCUT2D eigenvalue weighted by Gasteiger charge is 2.26. The Hall–Kier alpha value is -3.68. The average molecular weight is 513 g/mol. The number of amides is 1. The lowest BCUT2D eigenvalue weighted by molar-refractivity contribution is 0.0187. The molecule has 1 aliphatic heterocycles. The van der Waals surface area contributed by atoms with Crippen LogP contribution in [-0.4, -0.2) is 46.5 Å². The van der Waals surface area contributed by atoms with Crippen LogP contribution in [0.5, 0.6) is 0 Å². The lowest BCUT2D eigenvalue weighted by atomic mass is 9.98. The lowest BCUT2D eigenvalue weighted by Crippen LogP contribution is -2.39. The molecule has 7 heteroatoms. The molecule has 198 valence electrons. The molecule has 0 aliphatic carbocycles. The topological polar surface area (TPSA) is 78.8 Å². The third-order valence-corrected chi connectivity index (χ3v) is 7.77. The third kappa shape index (κ3) is 4.91. The number of H-pyrrole nitrogens is 1. The van der Waals surface area contributed by atoms with Gasteiger partial charge in [0.25, 0.3) is 11.5 Å². The van der Waals surface area contributed by atoms with Crippen molar-refractivity contribution < 1.29 is 9.53 Å². The highest BCUT2D eigenvalue weighted by Crippen LogP contribution is 2.34. The van der Waals surface area contributed by atoms with Gasteiger partial charge in [0, 0.05) is 60.0 Å². The van der Waals surface area contributed by atoms with Crippen molar-refractivity contribution in [3.05, 3.63) is 98.2 Å². The molecule has 5 rings (SSSR count). The zero-order chi connectivity index (χ0) is 27.0. The summed E-state index contributed by atoms with van der Waals surface area (Å²) in [7, 11) is 0. The van der Waals surface area contributed by atoms with E-state index in [1.165, 1.54) is 5.56 Å². The van der Waals surface area contributed by atoms with E-state index in [0.717, 1.165) is 52.2 Å². The number of carbonyl (C=O) groups excluding carboxylic acids is 1. The minimum Gasteiger partial charge on any atom is -0.379 e. The van der Waals surface area contributed by atoms with E-state index in [-0.39, 0.29) is 24.1 Å². The molecule has 1 fully saturated rings. The minimum absolute atomic E-state index is 0.0922. The Labute approximate surface area is 223 Å². The first-order valence-corrected chi connectivity index (χ1v) is 13.3. The molecule has 2 N–H and O–H groups in total. The Morgan fingerprint density at radius 3 is 2.45 bits per heavy atom. The molecule has 1 saturated heterocycles. The molecule has 0 saturated carbocycles. The van der Waals surface area contributed by atoms with E-state index in [9.17, 15) is 9.59 Å². The maximum atomic E-state index is 13.7. The van der Waals surface area contributed by atoms with Crippen LogP contribution in [0.3, 0.4) is 0 Å². The SMILES string of the molecule is Cc1ccc(-c2ccn3c(C(C)N4CCOCC4)c(C)c(C(=O)NCc4c(C)cc(C)[nH]c4=O)cc23)cc1. The fraction of sp³-hybridized carbons (Fsp3) is 0.355. The highest BCUT2D eigenvalue weighted by atomic mass is 16.5. The smallest absolute Gasteiger partial charge is 0.253 e.